The minimum Gasteiger partial charge on any atom is -0.497 e. The van der Waals surface area contributed by atoms with Gasteiger partial charge in [0.1, 0.15) is 17.5 Å². The molecule has 0 aliphatic rings. The molecule has 7 heteroatoms. The lowest BCUT2D eigenvalue weighted by atomic mass is 10.00. The van der Waals surface area contributed by atoms with Gasteiger partial charge < -0.3 is 4.74 Å². The number of hydrogen-bond acceptors (Lipinski definition) is 4. The Bertz CT molecular complexity index is 940. The van der Waals surface area contributed by atoms with Gasteiger partial charge in [-0.1, -0.05) is 18.2 Å². The molecule has 0 saturated carbocycles. The standard InChI is InChI=1S/C18H11F3N2OS/c1-24-12-8-6-11(7-9-12)16-14(10-22)17(25-23-16)13-4-2-3-5-15(13)18(19,20)21/h2-9H,1H3. The average molecular weight is 360 g/mol. The first kappa shape index (κ1) is 17.0. The van der Waals surface area contributed by atoms with Crippen LogP contribution in [0.15, 0.2) is 48.5 Å². The summed E-state index contributed by atoms with van der Waals surface area (Å²) >= 11 is 0.885. The van der Waals surface area contributed by atoms with E-state index in [2.05, 4.69) is 4.37 Å². The summed E-state index contributed by atoms with van der Waals surface area (Å²) in [6.07, 6.45) is -4.51. The molecule has 2 aromatic carbocycles. The van der Waals surface area contributed by atoms with Crippen molar-refractivity contribution in [2.24, 2.45) is 0 Å². The number of nitrogens with zero attached hydrogens (tertiary/aromatic N) is 2. The number of ether oxygens (including phenoxy) is 1. The molecule has 0 radical (unpaired) electrons. The van der Waals surface area contributed by atoms with Gasteiger partial charge in [0.25, 0.3) is 0 Å². The van der Waals surface area contributed by atoms with Crippen LogP contribution in [0.25, 0.3) is 21.7 Å². The highest BCUT2D eigenvalue weighted by atomic mass is 32.1. The maximum atomic E-state index is 13.3. The first-order chi connectivity index (χ1) is 12.0. The number of hydrogen-bond donors (Lipinski definition) is 0. The van der Waals surface area contributed by atoms with Gasteiger partial charge in [0.05, 0.1) is 23.1 Å². The summed E-state index contributed by atoms with van der Waals surface area (Å²) in [7, 11) is 1.53. The third kappa shape index (κ3) is 3.21. The van der Waals surface area contributed by atoms with Gasteiger partial charge in [-0.25, -0.2) is 0 Å². The molecular formula is C18H11F3N2OS. The first-order valence-corrected chi connectivity index (χ1v) is 7.94. The van der Waals surface area contributed by atoms with E-state index in [4.69, 9.17) is 4.74 Å². The second kappa shape index (κ2) is 6.57. The molecule has 0 unspecified atom stereocenters. The van der Waals surface area contributed by atoms with Crippen molar-refractivity contribution >= 4 is 11.5 Å². The lowest BCUT2D eigenvalue weighted by Gasteiger charge is -2.11. The molecule has 0 aliphatic carbocycles. The quantitative estimate of drug-likeness (QED) is 0.630. The highest BCUT2D eigenvalue weighted by molar-refractivity contribution is 7.10. The van der Waals surface area contributed by atoms with Crippen molar-refractivity contribution in [3.8, 4) is 33.5 Å². The van der Waals surface area contributed by atoms with Gasteiger partial charge in [-0.3, -0.25) is 0 Å². The smallest absolute Gasteiger partial charge is 0.417 e. The first-order valence-electron chi connectivity index (χ1n) is 7.16. The van der Waals surface area contributed by atoms with E-state index in [1.165, 1.54) is 25.3 Å². The Hall–Kier alpha value is -2.85. The zero-order valence-electron chi connectivity index (χ0n) is 13.0. The zero-order chi connectivity index (χ0) is 18.0. The average Bonchev–Trinajstić information content (AvgIpc) is 3.05. The van der Waals surface area contributed by atoms with E-state index in [1.807, 2.05) is 6.07 Å². The molecule has 0 N–H and O–H groups in total. The molecule has 126 valence electrons. The molecule has 0 atom stereocenters. The Morgan fingerprint density at radius 3 is 2.36 bits per heavy atom. The summed E-state index contributed by atoms with van der Waals surface area (Å²) in [6.45, 7) is 0. The summed E-state index contributed by atoms with van der Waals surface area (Å²) < 4.78 is 49.1. The largest absolute Gasteiger partial charge is 0.497 e. The molecule has 0 fully saturated rings. The fourth-order valence-electron chi connectivity index (χ4n) is 2.45. The lowest BCUT2D eigenvalue weighted by molar-refractivity contribution is -0.137. The second-order valence-corrected chi connectivity index (χ2v) is 5.89. The van der Waals surface area contributed by atoms with Gasteiger partial charge in [-0.15, -0.1) is 0 Å². The van der Waals surface area contributed by atoms with E-state index in [-0.39, 0.29) is 16.0 Å². The predicted molar refractivity (Wildman–Crippen MR) is 89.3 cm³/mol. The SMILES string of the molecule is COc1ccc(-c2nsc(-c3ccccc3C(F)(F)F)c2C#N)cc1. The maximum absolute atomic E-state index is 13.3. The molecule has 0 spiro atoms. The van der Waals surface area contributed by atoms with Gasteiger partial charge in [0.2, 0.25) is 0 Å². The van der Waals surface area contributed by atoms with E-state index >= 15 is 0 Å². The monoisotopic (exact) mass is 360 g/mol. The Kier molecular flexibility index (Phi) is 4.47. The zero-order valence-corrected chi connectivity index (χ0v) is 13.8. The van der Waals surface area contributed by atoms with Crippen molar-refractivity contribution in [3.05, 3.63) is 59.7 Å². The van der Waals surface area contributed by atoms with Crippen molar-refractivity contribution in [3.63, 3.8) is 0 Å². The topological polar surface area (TPSA) is 45.9 Å². The van der Waals surface area contributed by atoms with Crippen LogP contribution in [0.1, 0.15) is 11.1 Å². The molecule has 25 heavy (non-hydrogen) atoms. The van der Waals surface area contributed by atoms with E-state index in [0.717, 1.165) is 17.6 Å². The van der Waals surface area contributed by atoms with Crippen LogP contribution in [0.2, 0.25) is 0 Å². The normalized spacial score (nSPS) is 11.2. The van der Waals surface area contributed by atoms with Crippen LogP contribution in [-0.4, -0.2) is 11.5 Å². The number of alkyl halides is 3. The summed E-state index contributed by atoms with van der Waals surface area (Å²) in [5, 5.41) is 9.52. The molecule has 0 saturated heterocycles. The molecule has 3 aromatic rings. The van der Waals surface area contributed by atoms with Crippen LogP contribution < -0.4 is 4.74 Å². The minimum absolute atomic E-state index is 0.0381. The number of benzene rings is 2. The number of methoxy groups -OCH3 is 1. The number of halogens is 3. The van der Waals surface area contributed by atoms with Crippen molar-refractivity contribution in [2.75, 3.05) is 7.11 Å². The van der Waals surface area contributed by atoms with Crippen LogP contribution in [0, 0.1) is 11.3 Å². The van der Waals surface area contributed by atoms with Crippen molar-refractivity contribution in [1.82, 2.24) is 4.37 Å². The number of nitriles is 1. The summed E-state index contributed by atoms with van der Waals surface area (Å²) in [6, 6.07) is 14.0. The third-order valence-electron chi connectivity index (χ3n) is 3.64. The van der Waals surface area contributed by atoms with Crippen LogP contribution in [0.4, 0.5) is 13.2 Å². The molecule has 0 aliphatic heterocycles. The molecule has 1 aromatic heterocycles. The predicted octanol–water partition coefficient (Wildman–Crippen LogP) is 5.38. The van der Waals surface area contributed by atoms with Crippen LogP contribution in [0.3, 0.4) is 0 Å². The van der Waals surface area contributed by atoms with Gasteiger partial charge in [-0.05, 0) is 41.9 Å². The molecule has 0 bridgehead atoms. The molecular weight excluding hydrogens is 349 g/mol. The maximum Gasteiger partial charge on any atom is 0.417 e. The Morgan fingerprint density at radius 2 is 1.76 bits per heavy atom. The highest BCUT2D eigenvalue weighted by Gasteiger charge is 2.34. The minimum atomic E-state index is -4.51. The Labute approximate surface area is 146 Å². The van der Waals surface area contributed by atoms with Gasteiger partial charge in [0, 0.05) is 11.1 Å². The third-order valence-corrected chi connectivity index (χ3v) is 4.52. The fourth-order valence-corrected chi connectivity index (χ4v) is 3.34. The van der Waals surface area contributed by atoms with Crippen LogP contribution in [-0.2, 0) is 6.18 Å². The van der Waals surface area contributed by atoms with Gasteiger partial charge in [-0.2, -0.15) is 22.8 Å². The molecule has 0 amide bonds. The second-order valence-electron chi connectivity index (χ2n) is 5.12. The summed E-state index contributed by atoms with van der Waals surface area (Å²) in [4.78, 5) is 0.209. The molecule has 3 rings (SSSR count). The van der Waals surface area contributed by atoms with Gasteiger partial charge >= 0.3 is 6.18 Å². The van der Waals surface area contributed by atoms with Crippen molar-refractivity contribution < 1.29 is 17.9 Å². The summed E-state index contributed by atoms with van der Waals surface area (Å²) in [5.41, 5.74) is 0.318. The fraction of sp³-hybridized carbons (Fsp3) is 0.111. The molecule has 1 heterocycles. The van der Waals surface area contributed by atoms with E-state index in [0.29, 0.717) is 17.0 Å². The number of aromatic nitrogens is 1. The van der Waals surface area contributed by atoms with E-state index < -0.39 is 11.7 Å². The number of rotatable bonds is 3. The lowest BCUT2D eigenvalue weighted by Crippen LogP contribution is -2.06. The van der Waals surface area contributed by atoms with Crippen molar-refractivity contribution in [2.45, 2.75) is 6.18 Å². The van der Waals surface area contributed by atoms with E-state index in [1.54, 1.807) is 24.3 Å². The highest BCUT2D eigenvalue weighted by Crippen LogP contribution is 2.42. The molecule has 3 nitrogen and oxygen atoms in total. The Balaban J connectivity index is 2.15. The van der Waals surface area contributed by atoms with Crippen LogP contribution >= 0.6 is 11.5 Å². The van der Waals surface area contributed by atoms with E-state index in [9.17, 15) is 18.4 Å². The summed E-state index contributed by atoms with van der Waals surface area (Å²) in [5.74, 6) is 0.639. The van der Waals surface area contributed by atoms with Crippen LogP contribution in [0.5, 0.6) is 5.75 Å². The van der Waals surface area contributed by atoms with Crippen molar-refractivity contribution in [1.29, 1.82) is 5.26 Å². The Morgan fingerprint density at radius 1 is 1.08 bits per heavy atom. The van der Waals surface area contributed by atoms with Gasteiger partial charge in [0.15, 0.2) is 0 Å².